The Labute approximate surface area is 173 Å². The van der Waals surface area contributed by atoms with E-state index in [1.807, 2.05) is 35.8 Å². The summed E-state index contributed by atoms with van der Waals surface area (Å²) in [4.78, 5) is 12.5. The first-order valence-electron chi connectivity index (χ1n) is 8.99. The largest absolute Gasteiger partial charge is 0.497 e. The van der Waals surface area contributed by atoms with Crippen LogP contribution in [0.3, 0.4) is 0 Å². The second kappa shape index (κ2) is 9.33. The first-order chi connectivity index (χ1) is 14.0. The molecule has 152 valence electrons. The maximum Gasteiger partial charge on any atom is 0.234 e. The van der Waals surface area contributed by atoms with Gasteiger partial charge in [0.15, 0.2) is 11.0 Å². The van der Waals surface area contributed by atoms with Crippen LogP contribution in [-0.2, 0) is 11.3 Å². The maximum absolute atomic E-state index is 12.5. The van der Waals surface area contributed by atoms with Crippen molar-refractivity contribution in [2.24, 2.45) is 0 Å². The number of nitrogens with zero attached hydrogens (tertiary/aromatic N) is 3. The number of carbonyl (C=O) groups is 1. The van der Waals surface area contributed by atoms with Gasteiger partial charge in [-0.15, -0.1) is 10.2 Å². The molecule has 0 spiro atoms. The van der Waals surface area contributed by atoms with Crippen LogP contribution in [0.5, 0.6) is 11.5 Å². The molecular weight excluding hydrogens is 390 g/mol. The Morgan fingerprint density at radius 2 is 1.90 bits per heavy atom. The molecule has 0 aliphatic heterocycles. The number of rotatable bonds is 8. The van der Waals surface area contributed by atoms with Crippen molar-refractivity contribution in [2.75, 3.05) is 31.0 Å². The summed E-state index contributed by atoms with van der Waals surface area (Å²) in [5, 5.41) is 12.1. The molecule has 0 radical (unpaired) electrons. The van der Waals surface area contributed by atoms with E-state index >= 15 is 0 Å². The summed E-state index contributed by atoms with van der Waals surface area (Å²) in [7, 11) is 3.12. The van der Waals surface area contributed by atoms with Crippen molar-refractivity contribution in [3.05, 3.63) is 42.5 Å². The molecule has 0 bridgehead atoms. The molecular formula is C20H23N5O3S. The van der Waals surface area contributed by atoms with Crippen molar-refractivity contribution in [1.29, 1.82) is 0 Å². The number of ether oxygens (including phenoxy) is 2. The topological polar surface area (TPSA) is 104 Å². The molecule has 0 unspecified atom stereocenters. The van der Waals surface area contributed by atoms with E-state index < -0.39 is 0 Å². The third-order valence-electron chi connectivity index (χ3n) is 4.22. The second-order valence-electron chi connectivity index (χ2n) is 6.08. The van der Waals surface area contributed by atoms with Gasteiger partial charge < -0.3 is 25.1 Å². The van der Waals surface area contributed by atoms with Crippen LogP contribution in [0.2, 0.25) is 0 Å². The van der Waals surface area contributed by atoms with Gasteiger partial charge in [0.25, 0.3) is 0 Å². The minimum atomic E-state index is -0.179. The van der Waals surface area contributed by atoms with Gasteiger partial charge in [-0.05, 0) is 43.3 Å². The summed E-state index contributed by atoms with van der Waals surface area (Å²) in [5.74, 6) is 1.94. The normalized spacial score (nSPS) is 10.6. The fourth-order valence-electron chi connectivity index (χ4n) is 2.75. The van der Waals surface area contributed by atoms with Crippen LogP contribution in [0, 0.1) is 0 Å². The first-order valence-corrected chi connectivity index (χ1v) is 9.98. The van der Waals surface area contributed by atoms with E-state index in [-0.39, 0.29) is 11.7 Å². The van der Waals surface area contributed by atoms with Gasteiger partial charge >= 0.3 is 0 Å². The highest BCUT2D eigenvalue weighted by atomic mass is 32.2. The molecule has 0 atom stereocenters. The number of benzene rings is 2. The molecule has 0 aliphatic rings. The molecule has 8 nitrogen and oxygen atoms in total. The van der Waals surface area contributed by atoms with Crippen LogP contribution in [-0.4, -0.2) is 40.6 Å². The van der Waals surface area contributed by atoms with E-state index in [9.17, 15) is 4.79 Å². The fourth-order valence-corrected chi connectivity index (χ4v) is 3.56. The van der Waals surface area contributed by atoms with Gasteiger partial charge in [0.05, 0.1) is 25.7 Å². The van der Waals surface area contributed by atoms with Crippen LogP contribution >= 0.6 is 11.8 Å². The molecule has 2 aromatic carbocycles. The number of nitrogen functional groups attached to an aromatic ring is 1. The Kier molecular flexibility index (Phi) is 6.61. The van der Waals surface area contributed by atoms with Crippen molar-refractivity contribution in [1.82, 2.24) is 14.8 Å². The summed E-state index contributed by atoms with van der Waals surface area (Å²) in [6.07, 6.45) is 0. The Bertz CT molecular complexity index is 988. The van der Waals surface area contributed by atoms with Crippen molar-refractivity contribution in [2.45, 2.75) is 18.6 Å². The molecule has 3 rings (SSSR count). The van der Waals surface area contributed by atoms with Crippen LogP contribution in [0.4, 0.5) is 11.4 Å². The summed E-state index contributed by atoms with van der Waals surface area (Å²) < 4.78 is 12.5. The monoisotopic (exact) mass is 413 g/mol. The van der Waals surface area contributed by atoms with Crippen LogP contribution in [0.1, 0.15) is 6.92 Å². The number of methoxy groups -OCH3 is 2. The zero-order valence-electron chi connectivity index (χ0n) is 16.5. The number of hydrogen-bond donors (Lipinski definition) is 2. The van der Waals surface area contributed by atoms with Crippen molar-refractivity contribution in [3.63, 3.8) is 0 Å². The third-order valence-corrected chi connectivity index (χ3v) is 5.18. The first kappa shape index (κ1) is 20.5. The number of hydrogen-bond acceptors (Lipinski definition) is 7. The van der Waals surface area contributed by atoms with Crippen molar-refractivity contribution >= 4 is 29.0 Å². The lowest BCUT2D eigenvalue weighted by Gasteiger charge is -2.12. The number of thioether (sulfide) groups is 1. The van der Waals surface area contributed by atoms with Gasteiger partial charge in [0.1, 0.15) is 11.5 Å². The third kappa shape index (κ3) is 4.80. The van der Waals surface area contributed by atoms with Gasteiger partial charge in [0, 0.05) is 23.9 Å². The molecule has 3 N–H and O–H groups in total. The predicted octanol–water partition coefficient (Wildman–Crippen LogP) is 3.30. The van der Waals surface area contributed by atoms with Gasteiger partial charge in [0.2, 0.25) is 5.91 Å². The summed E-state index contributed by atoms with van der Waals surface area (Å²) in [5.41, 5.74) is 7.92. The molecule has 0 saturated heterocycles. The standard InChI is InChI=1S/C20H23N5O3S/c1-4-25-19(13-5-7-14(21)8-6-13)23-24-20(25)29-12-18(26)22-16-11-15(27-2)9-10-17(16)28-3/h5-11H,4,12,21H2,1-3H3,(H,22,26). The molecule has 3 aromatic rings. The van der Waals surface area contributed by atoms with Crippen LogP contribution < -0.4 is 20.5 Å². The number of nitrogens with two attached hydrogens (primary N) is 1. The van der Waals surface area contributed by atoms with Crippen molar-refractivity contribution in [3.8, 4) is 22.9 Å². The average molecular weight is 414 g/mol. The van der Waals surface area contributed by atoms with E-state index in [1.54, 1.807) is 32.4 Å². The number of carbonyl (C=O) groups excluding carboxylic acids is 1. The fraction of sp³-hybridized carbons (Fsp3) is 0.250. The Morgan fingerprint density at radius 3 is 2.55 bits per heavy atom. The SMILES string of the molecule is CCn1c(SCC(=O)Nc2cc(OC)ccc2OC)nnc1-c1ccc(N)cc1. The Morgan fingerprint density at radius 1 is 1.14 bits per heavy atom. The van der Waals surface area contributed by atoms with E-state index in [1.165, 1.54) is 11.8 Å². The minimum absolute atomic E-state index is 0.179. The molecule has 9 heteroatoms. The lowest BCUT2D eigenvalue weighted by atomic mass is 10.2. The summed E-state index contributed by atoms with van der Waals surface area (Å²) in [6.45, 7) is 2.69. The van der Waals surface area contributed by atoms with Gasteiger partial charge in [-0.25, -0.2) is 0 Å². The molecule has 0 saturated carbocycles. The Balaban J connectivity index is 1.70. The van der Waals surface area contributed by atoms with Gasteiger partial charge in [-0.3, -0.25) is 4.79 Å². The Hall–Kier alpha value is -3.20. The van der Waals surface area contributed by atoms with E-state index in [2.05, 4.69) is 15.5 Å². The number of aromatic nitrogens is 3. The molecule has 1 amide bonds. The lowest BCUT2D eigenvalue weighted by molar-refractivity contribution is -0.113. The van der Waals surface area contributed by atoms with E-state index in [0.717, 1.165) is 11.4 Å². The highest BCUT2D eigenvalue weighted by Crippen LogP contribution is 2.29. The molecule has 0 fully saturated rings. The molecule has 1 heterocycles. The highest BCUT2D eigenvalue weighted by molar-refractivity contribution is 7.99. The molecule has 29 heavy (non-hydrogen) atoms. The second-order valence-corrected chi connectivity index (χ2v) is 7.02. The number of nitrogens with one attached hydrogen (secondary N) is 1. The zero-order chi connectivity index (χ0) is 20.8. The summed E-state index contributed by atoms with van der Waals surface area (Å²) >= 11 is 1.32. The lowest BCUT2D eigenvalue weighted by Crippen LogP contribution is -2.15. The molecule has 1 aromatic heterocycles. The maximum atomic E-state index is 12.5. The smallest absolute Gasteiger partial charge is 0.234 e. The van der Waals surface area contributed by atoms with Gasteiger partial charge in [-0.1, -0.05) is 11.8 Å². The summed E-state index contributed by atoms with van der Waals surface area (Å²) in [6, 6.07) is 12.7. The number of anilines is 2. The van der Waals surface area contributed by atoms with Crippen LogP contribution in [0.15, 0.2) is 47.6 Å². The quantitative estimate of drug-likeness (QED) is 0.431. The highest BCUT2D eigenvalue weighted by Gasteiger charge is 2.15. The average Bonchev–Trinajstić information content (AvgIpc) is 3.15. The molecule has 0 aliphatic carbocycles. The van der Waals surface area contributed by atoms with E-state index in [4.69, 9.17) is 15.2 Å². The van der Waals surface area contributed by atoms with Crippen molar-refractivity contribution < 1.29 is 14.3 Å². The number of amides is 1. The van der Waals surface area contributed by atoms with E-state index in [0.29, 0.717) is 34.6 Å². The minimum Gasteiger partial charge on any atom is -0.497 e. The predicted molar refractivity (Wildman–Crippen MR) is 114 cm³/mol. The van der Waals surface area contributed by atoms with Gasteiger partial charge in [-0.2, -0.15) is 0 Å². The zero-order valence-corrected chi connectivity index (χ0v) is 17.3. The van der Waals surface area contributed by atoms with Crippen LogP contribution in [0.25, 0.3) is 11.4 Å².